The normalized spacial score (nSPS) is 18.8. The van der Waals surface area contributed by atoms with Gasteiger partial charge in [0, 0.05) is 12.6 Å². The highest BCUT2D eigenvalue weighted by Crippen LogP contribution is 2.18. The lowest BCUT2D eigenvalue weighted by atomic mass is 9.99. The van der Waals surface area contributed by atoms with Crippen molar-refractivity contribution in [3.8, 4) is 0 Å². The van der Waals surface area contributed by atoms with Gasteiger partial charge >= 0.3 is 0 Å². The average Bonchev–Trinajstić information content (AvgIpc) is 2.49. The summed E-state index contributed by atoms with van der Waals surface area (Å²) in [4.78, 5) is 14.3. The van der Waals surface area contributed by atoms with E-state index in [1.165, 1.54) is 19.3 Å². The van der Waals surface area contributed by atoms with Gasteiger partial charge in [0.25, 0.3) is 0 Å². The fourth-order valence-electron chi connectivity index (χ4n) is 2.82. The van der Waals surface area contributed by atoms with Crippen molar-refractivity contribution in [3.05, 3.63) is 35.9 Å². The largest absolute Gasteiger partial charge is 0.351 e. The molecule has 2 rings (SSSR count). The standard InChI is InChI=1S/C16H25N3O.ClH/c17-10-9-15-8-4-5-11-19(15)13-16(20)18-12-14-6-2-1-3-7-14;/h1-3,6-7,15H,4-5,8-13,17H2,(H,18,20);1H. The summed E-state index contributed by atoms with van der Waals surface area (Å²) in [7, 11) is 0. The Kier molecular flexibility index (Phi) is 8.35. The lowest BCUT2D eigenvalue weighted by molar-refractivity contribution is -0.123. The molecule has 0 spiro atoms. The van der Waals surface area contributed by atoms with Crippen molar-refractivity contribution < 1.29 is 4.79 Å². The number of amides is 1. The number of nitrogens with zero attached hydrogens (tertiary/aromatic N) is 1. The Morgan fingerprint density at radius 2 is 2.05 bits per heavy atom. The molecule has 1 fully saturated rings. The molecule has 1 amide bonds. The summed E-state index contributed by atoms with van der Waals surface area (Å²) >= 11 is 0. The molecule has 4 nitrogen and oxygen atoms in total. The minimum Gasteiger partial charge on any atom is -0.351 e. The molecule has 3 N–H and O–H groups in total. The van der Waals surface area contributed by atoms with E-state index in [9.17, 15) is 4.79 Å². The summed E-state index contributed by atoms with van der Waals surface area (Å²) in [6.07, 6.45) is 4.61. The van der Waals surface area contributed by atoms with E-state index < -0.39 is 0 Å². The summed E-state index contributed by atoms with van der Waals surface area (Å²) in [5.74, 6) is 0.109. The topological polar surface area (TPSA) is 58.4 Å². The van der Waals surface area contributed by atoms with Gasteiger partial charge in [0.15, 0.2) is 0 Å². The van der Waals surface area contributed by atoms with Gasteiger partial charge in [-0.2, -0.15) is 0 Å². The van der Waals surface area contributed by atoms with Gasteiger partial charge in [0.2, 0.25) is 5.91 Å². The summed E-state index contributed by atoms with van der Waals surface area (Å²) < 4.78 is 0. The molecular weight excluding hydrogens is 286 g/mol. The van der Waals surface area contributed by atoms with Crippen molar-refractivity contribution in [2.24, 2.45) is 5.73 Å². The number of rotatable bonds is 6. The number of nitrogens with two attached hydrogens (primary N) is 1. The predicted molar refractivity (Wildman–Crippen MR) is 88.4 cm³/mol. The third kappa shape index (κ3) is 6.04. The van der Waals surface area contributed by atoms with E-state index in [0.717, 1.165) is 18.5 Å². The highest BCUT2D eigenvalue weighted by Gasteiger charge is 2.23. The number of halogens is 1. The van der Waals surface area contributed by atoms with Crippen LogP contribution < -0.4 is 11.1 Å². The van der Waals surface area contributed by atoms with Crippen molar-refractivity contribution in [1.82, 2.24) is 10.2 Å². The number of hydrogen-bond donors (Lipinski definition) is 2. The van der Waals surface area contributed by atoms with Gasteiger partial charge in [0.05, 0.1) is 6.54 Å². The molecule has 0 aliphatic carbocycles. The Hall–Kier alpha value is -1.10. The van der Waals surface area contributed by atoms with E-state index in [1.54, 1.807) is 0 Å². The molecular formula is C16H26ClN3O. The van der Waals surface area contributed by atoms with Crippen molar-refractivity contribution >= 4 is 18.3 Å². The first-order valence-electron chi connectivity index (χ1n) is 7.54. The van der Waals surface area contributed by atoms with Gasteiger partial charge in [0.1, 0.15) is 0 Å². The van der Waals surface area contributed by atoms with E-state index in [4.69, 9.17) is 5.73 Å². The molecule has 21 heavy (non-hydrogen) atoms. The summed E-state index contributed by atoms with van der Waals surface area (Å²) in [6.45, 7) is 2.82. The summed E-state index contributed by atoms with van der Waals surface area (Å²) in [6, 6.07) is 10.5. The molecule has 1 saturated heterocycles. The van der Waals surface area contributed by atoms with Crippen molar-refractivity contribution in [1.29, 1.82) is 0 Å². The summed E-state index contributed by atoms with van der Waals surface area (Å²) in [5, 5.41) is 3.00. The quantitative estimate of drug-likeness (QED) is 0.844. The molecule has 5 heteroatoms. The number of likely N-dealkylation sites (tertiary alicyclic amines) is 1. The van der Waals surface area contributed by atoms with Crippen LogP contribution in [0.5, 0.6) is 0 Å². The van der Waals surface area contributed by atoms with Crippen LogP contribution in [0.4, 0.5) is 0 Å². The second-order valence-corrected chi connectivity index (χ2v) is 5.46. The fraction of sp³-hybridized carbons (Fsp3) is 0.562. The molecule has 1 aromatic rings. The van der Waals surface area contributed by atoms with Crippen LogP contribution in [-0.2, 0) is 11.3 Å². The zero-order chi connectivity index (χ0) is 14.2. The lowest BCUT2D eigenvalue weighted by Gasteiger charge is -2.35. The van der Waals surface area contributed by atoms with Crippen LogP contribution in [-0.4, -0.2) is 36.5 Å². The Bertz CT molecular complexity index is 411. The number of nitrogens with one attached hydrogen (secondary N) is 1. The minimum absolute atomic E-state index is 0. The Labute approximate surface area is 133 Å². The second kappa shape index (κ2) is 9.77. The highest BCUT2D eigenvalue weighted by molar-refractivity contribution is 5.85. The van der Waals surface area contributed by atoms with E-state index in [-0.39, 0.29) is 18.3 Å². The zero-order valence-corrected chi connectivity index (χ0v) is 13.3. The number of carbonyl (C=O) groups excluding carboxylic acids is 1. The summed E-state index contributed by atoms with van der Waals surface area (Å²) in [5.41, 5.74) is 6.80. The lowest BCUT2D eigenvalue weighted by Crippen LogP contribution is -2.46. The maximum Gasteiger partial charge on any atom is 0.234 e. The number of piperidine rings is 1. The maximum absolute atomic E-state index is 12.1. The van der Waals surface area contributed by atoms with Gasteiger partial charge in [-0.25, -0.2) is 0 Å². The Balaban J connectivity index is 0.00000220. The van der Waals surface area contributed by atoms with Crippen LogP contribution in [0.1, 0.15) is 31.2 Å². The van der Waals surface area contributed by atoms with E-state index in [2.05, 4.69) is 10.2 Å². The second-order valence-electron chi connectivity index (χ2n) is 5.46. The van der Waals surface area contributed by atoms with Gasteiger partial charge < -0.3 is 11.1 Å². The number of hydrogen-bond acceptors (Lipinski definition) is 3. The third-order valence-corrected chi connectivity index (χ3v) is 3.93. The SMILES string of the molecule is Cl.NCCC1CCCCN1CC(=O)NCc1ccccc1. The van der Waals surface area contributed by atoms with Crippen molar-refractivity contribution in [2.45, 2.75) is 38.3 Å². The molecule has 0 saturated carbocycles. The molecule has 1 unspecified atom stereocenters. The molecule has 118 valence electrons. The first-order valence-corrected chi connectivity index (χ1v) is 7.54. The van der Waals surface area contributed by atoms with Gasteiger partial charge in [-0.05, 0) is 37.9 Å². The molecule has 0 aromatic heterocycles. The Morgan fingerprint density at radius 3 is 2.76 bits per heavy atom. The molecule has 1 aromatic carbocycles. The molecule has 1 atom stereocenters. The zero-order valence-electron chi connectivity index (χ0n) is 12.5. The number of benzene rings is 1. The van der Waals surface area contributed by atoms with Crippen molar-refractivity contribution in [2.75, 3.05) is 19.6 Å². The van der Waals surface area contributed by atoms with Crippen molar-refractivity contribution in [3.63, 3.8) is 0 Å². The van der Waals surface area contributed by atoms with Crippen LogP contribution in [0, 0.1) is 0 Å². The van der Waals surface area contributed by atoms with Crippen LogP contribution in [0.25, 0.3) is 0 Å². The fourth-order valence-corrected chi connectivity index (χ4v) is 2.82. The molecule has 0 radical (unpaired) electrons. The van der Waals surface area contributed by atoms with E-state index in [1.807, 2.05) is 30.3 Å². The molecule has 0 bridgehead atoms. The van der Waals surface area contributed by atoms with E-state index in [0.29, 0.717) is 25.7 Å². The molecule has 1 aliphatic heterocycles. The maximum atomic E-state index is 12.1. The predicted octanol–water partition coefficient (Wildman–Crippen LogP) is 1.93. The van der Waals surface area contributed by atoms with Gasteiger partial charge in [-0.1, -0.05) is 36.8 Å². The molecule has 1 aliphatic rings. The highest BCUT2D eigenvalue weighted by atomic mass is 35.5. The van der Waals surface area contributed by atoms with Crippen LogP contribution in [0.15, 0.2) is 30.3 Å². The first-order chi connectivity index (χ1) is 9.79. The van der Waals surface area contributed by atoms with Gasteiger partial charge in [-0.15, -0.1) is 12.4 Å². The van der Waals surface area contributed by atoms with Crippen LogP contribution in [0.3, 0.4) is 0 Å². The van der Waals surface area contributed by atoms with Crippen LogP contribution >= 0.6 is 12.4 Å². The van der Waals surface area contributed by atoms with Gasteiger partial charge in [-0.3, -0.25) is 9.69 Å². The first kappa shape index (κ1) is 18.0. The average molecular weight is 312 g/mol. The smallest absolute Gasteiger partial charge is 0.234 e. The van der Waals surface area contributed by atoms with Crippen LogP contribution in [0.2, 0.25) is 0 Å². The molecule has 1 heterocycles. The van der Waals surface area contributed by atoms with E-state index >= 15 is 0 Å². The number of carbonyl (C=O) groups is 1. The Morgan fingerprint density at radius 1 is 1.29 bits per heavy atom. The monoisotopic (exact) mass is 311 g/mol. The third-order valence-electron chi connectivity index (χ3n) is 3.93. The minimum atomic E-state index is 0.